The van der Waals surface area contributed by atoms with E-state index in [0.717, 1.165) is 30.5 Å². The molecule has 2 aliphatic heterocycles. The first-order valence-corrected chi connectivity index (χ1v) is 7.17. The van der Waals surface area contributed by atoms with Crippen molar-refractivity contribution in [3.05, 3.63) is 30.1 Å². The third-order valence-electron chi connectivity index (χ3n) is 3.87. The Balaban J connectivity index is 1.66. The maximum absolute atomic E-state index is 11.5. The van der Waals surface area contributed by atoms with Crippen LogP contribution in [0.2, 0.25) is 0 Å². The van der Waals surface area contributed by atoms with E-state index in [9.17, 15) is 4.79 Å². The molecule has 0 aliphatic carbocycles. The van der Waals surface area contributed by atoms with Gasteiger partial charge in [0.1, 0.15) is 5.82 Å². The highest BCUT2D eigenvalue weighted by molar-refractivity contribution is 6.26. The van der Waals surface area contributed by atoms with E-state index < -0.39 is 0 Å². The number of aromatic nitrogens is 1. The van der Waals surface area contributed by atoms with E-state index in [-0.39, 0.29) is 5.91 Å². The summed E-state index contributed by atoms with van der Waals surface area (Å²) in [4.78, 5) is 18.2. The molecule has 6 nitrogen and oxygen atoms in total. The van der Waals surface area contributed by atoms with E-state index in [2.05, 4.69) is 27.4 Å². The summed E-state index contributed by atoms with van der Waals surface area (Å²) >= 11 is 0. The summed E-state index contributed by atoms with van der Waals surface area (Å²) < 4.78 is 0. The Bertz CT molecular complexity index is 575. The normalized spacial score (nSPS) is 23.8. The van der Waals surface area contributed by atoms with Gasteiger partial charge in [0.2, 0.25) is 0 Å². The van der Waals surface area contributed by atoms with Gasteiger partial charge in [-0.25, -0.2) is 4.98 Å². The number of nitrogens with zero attached hydrogens (tertiary/aromatic N) is 2. The molecular formula is C15H19N5O. The lowest BCUT2D eigenvalue weighted by Gasteiger charge is -2.16. The first kappa shape index (κ1) is 13.6. The van der Waals surface area contributed by atoms with Crippen molar-refractivity contribution in [2.24, 2.45) is 5.92 Å². The van der Waals surface area contributed by atoms with Crippen molar-refractivity contribution in [2.75, 3.05) is 29.9 Å². The second-order valence-electron chi connectivity index (χ2n) is 5.61. The van der Waals surface area contributed by atoms with Crippen LogP contribution in [0.4, 0.5) is 11.5 Å². The molecule has 110 valence electrons. The highest BCUT2D eigenvalue weighted by Crippen LogP contribution is 2.22. The lowest BCUT2D eigenvalue weighted by atomic mass is 10.2. The summed E-state index contributed by atoms with van der Waals surface area (Å²) in [5, 5.41) is 13.3. The molecule has 2 aliphatic rings. The zero-order valence-electron chi connectivity index (χ0n) is 12.0. The van der Waals surface area contributed by atoms with Gasteiger partial charge in [0.25, 0.3) is 5.91 Å². The molecule has 6 heteroatoms. The van der Waals surface area contributed by atoms with Crippen molar-refractivity contribution >= 4 is 23.1 Å². The summed E-state index contributed by atoms with van der Waals surface area (Å²) in [6, 6.07) is 3.93. The SMILES string of the molecule is CC1CCN(c2ccc(N/C=C3\C(=N)CNC3=O)cn2)C1. The first-order valence-electron chi connectivity index (χ1n) is 7.17. The summed E-state index contributed by atoms with van der Waals surface area (Å²) in [6.07, 6.45) is 4.54. The van der Waals surface area contributed by atoms with Crippen LogP contribution in [0.25, 0.3) is 0 Å². The predicted octanol–water partition coefficient (Wildman–Crippen LogP) is 1.37. The molecule has 1 atom stereocenters. The molecule has 21 heavy (non-hydrogen) atoms. The van der Waals surface area contributed by atoms with E-state index in [1.54, 1.807) is 12.4 Å². The number of hydrogen-bond acceptors (Lipinski definition) is 5. The number of rotatable bonds is 3. The van der Waals surface area contributed by atoms with Crippen LogP contribution in [0.15, 0.2) is 30.1 Å². The molecular weight excluding hydrogens is 266 g/mol. The van der Waals surface area contributed by atoms with Gasteiger partial charge in [-0.3, -0.25) is 4.79 Å². The van der Waals surface area contributed by atoms with Gasteiger partial charge in [0.15, 0.2) is 0 Å². The lowest BCUT2D eigenvalue weighted by Crippen LogP contribution is -2.20. The molecule has 3 N–H and O–H groups in total. The van der Waals surface area contributed by atoms with Crippen molar-refractivity contribution in [1.29, 1.82) is 5.41 Å². The molecule has 0 bridgehead atoms. The van der Waals surface area contributed by atoms with Gasteiger partial charge in [-0.1, -0.05) is 6.92 Å². The molecule has 1 amide bonds. The Hall–Kier alpha value is -2.37. The number of pyridine rings is 1. The largest absolute Gasteiger partial charge is 0.360 e. The van der Waals surface area contributed by atoms with Crippen LogP contribution < -0.4 is 15.5 Å². The van der Waals surface area contributed by atoms with Gasteiger partial charge in [-0.2, -0.15) is 0 Å². The summed E-state index contributed by atoms with van der Waals surface area (Å²) in [5.41, 5.74) is 1.50. The van der Waals surface area contributed by atoms with Crippen molar-refractivity contribution in [3.8, 4) is 0 Å². The molecule has 3 rings (SSSR count). The fourth-order valence-corrected chi connectivity index (χ4v) is 2.61. The van der Waals surface area contributed by atoms with Crippen LogP contribution in [0, 0.1) is 11.3 Å². The number of hydrogen-bond donors (Lipinski definition) is 3. The average Bonchev–Trinajstić information content (AvgIpc) is 3.05. The quantitative estimate of drug-likeness (QED) is 0.733. The number of carbonyl (C=O) groups is 1. The maximum Gasteiger partial charge on any atom is 0.254 e. The van der Waals surface area contributed by atoms with Crippen molar-refractivity contribution in [3.63, 3.8) is 0 Å². The van der Waals surface area contributed by atoms with Crippen LogP contribution >= 0.6 is 0 Å². The van der Waals surface area contributed by atoms with Gasteiger partial charge in [-0.05, 0) is 24.5 Å². The Morgan fingerprint density at radius 2 is 2.38 bits per heavy atom. The summed E-state index contributed by atoms with van der Waals surface area (Å²) in [6.45, 7) is 4.67. The third kappa shape index (κ3) is 2.89. The molecule has 0 radical (unpaired) electrons. The highest BCUT2D eigenvalue weighted by Gasteiger charge is 2.22. The smallest absolute Gasteiger partial charge is 0.254 e. The Kier molecular flexibility index (Phi) is 3.60. The molecule has 1 unspecified atom stereocenters. The standard InChI is InChI=1S/C15H19N5O/c1-10-4-5-20(9-10)14-3-2-11(6-18-14)17-7-12-13(16)8-19-15(12)21/h2-3,6-7,10,16-17H,4-5,8-9H2,1H3,(H,19,21)/b12-7+,16-13?. The van der Waals surface area contributed by atoms with Crippen LogP contribution in [0.3, 0.4) is 0 Å². The lowest BCUT2D eigenvalue weighted by molar-refractivity contribution is -0.116. The van der Waals surface area contributed by atoms with E-state index in [1.807, 2.05) is 12.1 Å². The second kappa shape index (κ2) is 5.55. The van der Waals surface area contributed by atoms with E-state index in [4.69, 9.17) is 5.41 Å². The third-order valence-corrected chi connectivity index (χ3v) is 3.87. The molecule has 1 aromatic heterocycles. The fourth-order valence-electron chi connectivity index (χ4n) is 2.61. The number of nitrogens with one attached hydrogen (secondary N) is 3. The maximum atomic E-state index is 11.5. The number of carbonyl (C=O) groups excluding carboxylic acids is 1. The first-order chi connectivity index (χ1) is 10.1. The average molecular weight is 285 g/mol. The van der Waals surface area contributed by atoms with Gasteiger partial charge >= 0.3 is 0 Å². The Morgan fingerprint density at radius 3 is 2.95 bits per heavy atom. The molecule has 2 fully saturated rings. The Labute approximate surface area is 123 Å². The van der Waals surface area contributed by atoms with Gasteiger partial charge in [0, 0.05) is 19.3 Å². The van der Waals surface area contributed by atoms with Gasteiger partial charge in [0.05, 0.1) is 29.7 Å². The van der Waals surface area contributed by atoms with E-state index in [0.29, 0.717) is 17.8 Å². The van der Waals surface area contributed by atoms with Crippen LogP contribution in [0.5, 0.6) is 0 Å². The van der Waals surface area contributed by atoms with Crippen molar-refractivity contribution in [2.45, 2.75) is 13.3 Å². The molecule has 3 heterocycles. The van der Waals surface area contributed by atoms with Crippen molar-refractivity contribution < 1.29 is 4.79 Å². The second-order valence-corrected chi connectivity index (χ2v) is 5.61. The molecule has 0 saturated carbocycles. The van der Waals surface area contributed by atoms with Crippen LogP contribution in [0.1, 0.15) is 13.3 Å². The highest BCUT2D eigenvalue weighted by atomic mass is 16.2. The van der Waals surface area contributed by atoms with Crippen LogP contribution in [-0.4, -0.2) is 36.2 Å². The topological polar surface area (TPSA) is 81.1 Å². The molecule has 1 aromatic rings. The minimum atomic E-state index is -0.205. The predicted molar refractivity (Wildman–Crippen MR) is 82.7 cm³/mol. The number of anilines is 2. The van der Waals surface area contributed by atoms with Crippen molar-refractivity contribution in [1.82, 2.24) is 10.3 Å². The van der Waals surface area contributed by atoms with E-state index in [1.165, 1.54) is 6.42 Å². The Morgan fingerprint density at radius 1 is 1.52 bits per heavy atom. The van der Waals surface area contributed by atoms with E-state index >= 15 is 0 Å². The van der Waals surface area contributed by atoms with Crippen LogP contribution in [-0.2, 0) is 4.79 Å². The summed E-state index contributed by atoms with van der Waals surface area (Å²) in [5.74, 6) is 1.51. The summed E-state index contributed by atoms with van der Waals surface area (Å²) in [7, 11) is 0. The number of amides is 1. The molecule has 0 aromatic carbocycles. The zero-order valence-corrected chi connectivity index (χ0v) is 12.0. The minimum absolute atomic E-state index is 0.205. The van der Waals surface area contributed by atoms with Gasteiger partial charge < -0.3 is 20.9 Å². The molecule has 0 spiro atoms. The fraction of sp³-hybridized carbons (Fsp3) is 0.400. The zero-order chi connectivity index (χ0) is 14.8. The molecule has 2 saturated heterocycles. The minimum Gasteiger partial charge on any atom is -0.360 e. The monoisotopic (exact) mass is 285 g/mol. The van der Waals surface area contributed by atoms with Gasteiger partial charge in [-0.15, -0.1) is 0 Å².